The molecule has 5 nitrogen and oxygen atoms in total. The minimum Gasteiger partial charge on any atom is -0.457 e. The molecule has 2 rings (SSSR count). The maximum absolute atomic E-state index is 12.0. The fourth-order valence-corrected chi connectivity index (χ4v) is 2.04. The third-order valence-corrected chi connectivity index (χ3v) is 3.14. The van der Waals surface area contributed by atoms with Crippen LogP contribution in [-0.2, 0) is 16.1 Å². The fraction of sp³-hybridized carbons (Fsp3) is 0.118. The van der Waals surface area contributed by atoms with Crippen molar-refractivity contribution in [3.63, 3.8) is 0 Å². The number of nitrogens with one attached hydrogen (secondary N) is 1. The van der Waals surface area contributed by atoms with E-state index in [9.17, 15) is 9.59 Å². The molecule has 1 amide bonds. The van der Waals surface area contributed by atoms with Gasteiger partial charge in [-0.3, -0.25) is 4.79 Å². The molecule has 0 unspecified atom stereocenters. The second-order valence-electron chi connectivity index (χ2n) is 4.67. The molecule has 116 valence electrons. The van der Waals surface area contributed by atoms with Crippen molar-refractivity contribution >= 4 is 29.2 Å². The van der Waals surface area contributed by atoms with Gasteiger partial charge in [0.05, 0.1) is 11.6 Å². The van der Waals surface area contributed by atoms with E-state index in [-0.39, 0.29) is 13.0 Å². The standard InChI is InChI=1S/C17H13ClN2O3/c18-14-3-1-2-12(10-14)11-23-17(22)13-4-6-15(7-5-13)20-16(21)8-9-19/h1-7,10H,8,11H2,(H,20,21). The first-order chi connectivity index (χ1) is 11.1. The largest absolute Gasteiger partial charge is 0.457 e. The molecule has 0 radical (unpaired) electrons. The van der Waals surface area contributed by atoms with Crippen molar-refractivity contribution < 1.29 is 14.3 Å². The summed E-state index contributed by atoms with van der Waals surface area (Å²) < 4.78 is 5.20. The van der Waals surface area contributed by atoms with Gasteiger partial charge in [-0.1, -0.05) is 23.7 Å². The van der Waals surface area contributed by atoms with Gasteiger partial charge in [0.25, 0.3) is 0 Å². The number of carbonyl (C=O) groups excluding carboxylic acids is 2. The highest BCUT2D eigenvalue weighted by Gasteiger charge is 2.08. The number of benzene rings is 2. The zero-order valence-electron chi connectivity index (χ0n) is 12.1. The molecule has 0 atom stereocenters. The lowest BCUT2D eigenvalue weighted by atomic mass is 10.2. The smallest absolute Gasteiger partial charge is 0.338 e. The van der Waals surface area contributed by atoms with Crippen molar-refractivity contribution in [1.82, 2.24) is 0 Å². The molecule has 0 aliphatic heterocycles. The van der Waals surface area contributed by atoms with Crippen LogP contribution < -0.4 is 5.32 Å². The van der Waals surface area contributed by atoms with Crippen molar-refractivity contribution in [3.05, 3.63) is 64.7 Å². The molecule has 0 spiro atoms. The van der Waals surface area contributed by atoms with Crippen LogP contribution in [0.15, 0.2) is 48.5 Å². The van der Waals surface area contributed by atoms with E-state index in [2.05, 4.69) is 5.32 Å². The van der Waals surface area contributed by atoms with Crippen LogP contribution in [0.1, 0.15) is 22.3 Å². The molecule has 0 aliphatic carbocycles. The number of esters is 1. The van der Waals surface area contributed by atoms with Crippen LogP contribution in [0.3, 0.4) is 0 Å². The predicted molar refractivity (Wildman–Crippen MR) is 85.9 cm³/mol. The molecule has 0 saturated carbocycles. The van der Waals surface area contributed by atoms with Crippen molar-refractivity contribution in [2.45, 2.75) is 13.0 Å². The molecule has 0 heterocycles. The number of hydrogen-bond donors (Lipinski definition) is 1. The topological polar surface area (TPSA) is 79.2 Å². The second-order valence-corrected chi connectivity index (χ2v) is 5.10. The SMILES string of the molecule is N#CCC(=O)Nc1ccc(C(=O)OCc2cccc(Cl)c2)cc1. The molecule has 1 N–H and O–H groups in total. The minimum atomic E-state index is -0.472. The Balaban J connectivity index is 1.92. The first-order valence-electron chi connectivity index (χ1n) is 6.77. The summed E-state index contributed by atoms with van der Waals surface area (Å²) in [5.74, 6) is -0.872. The Labute approximate surface area is 138 Å². The van der Waals surface area contributed by atoms with Crippen LogP contribution in [0.25, 0.3) is 0 Å². The molecule has 23 heavy (non-hydrogen) atoms. The van der Waals surface area contributed by atoms with E-state index in [0.717, 1.165) is 5.56 Å². The van der Waals surface area contributed by atoms with Gasteiger partial charge in [-0.15, -0.1) is 0 Å². The first kappa shape index (κ1) is 16.5. The van der Waals surface area contributed by atoms with Crippen LogP contribution in [0.5, 0.6) is 0 Å². The van der Waals surface area contributed by atoms with E-state index >= 15 is 0 Å². The summed E-state index contributed by atoms with van der Waals surface area (Å²) in [6.07, 6.45) is -0.219. The lowest BCUT2D eigenvalue weighted by molar-refractivity contribution is -0.115. The maximum atomic E-state index is 12.0. The fourth-order valence-electron chi connectivity index (χ4n) is 1.83. The van der Waals surface area contributed by atoms with Crippen LogP contribution in [0.4, 0.5) is 5.69 Å². The summed E-state index contributed by atoms with van der Waals surface area (Å²) in [6.45, 7) is 0.125. The van der Waals surface area contributed by atoms with Crippen molar-refractivity contribution in [2.24, 2.45) is 0 Å². The van der Waals surface area contributed by atoms with Crippen LogP contribution in [0, 0.1) is 11.3 Å². The van der Waals surface area contributed by atoms with Gasteiger partial charge in [-0.25, -0.2) is 4.79 Å². The number of carbonyl (C=O) groups is 2. The molecule has 2 aromatic rings. The van der Waals surface area contributed by atoms with Crippen LogP contribution in [0.2, 0.25) is 5.02 Å². The lowest BCUT2D eigenvalue weighted by Gasteiger charge is -2.07. The number of halogens is 1. The van der Waals surface area contributed by atoms with Gasteiger partial charge in [0, 0.05) is 10.7 Å². The molecule has 0 fully saturated rings. The highest BCUT2D eigenvalue weighted by atomic mass is 35.5. The average Bonchev–Trinajstić information content (AvgIpc) is 2.53. The normalized spacial score (nSPS) is 9.74. The predicted octanol–water partition coefficient (Wildman–Crippen LogP) is 3.55. The molecule has 0 bridgehead atoms. The van der Waals surface area contributed by atoms with Crippen molar-refractivity contribution in [3.8, 4) is 6.07 Å². The van der Waals surface area contributed by atoms with Crippen LogP contribution in [-0.4, -0.2) is 11.9 Å². The number of nitrogens with zero attached hydrogens (tertiary/aromatic N) is 1. The van der Waals surface area contributed by atoms with E-state index < -0.39 is 11.9 Å². The lowest BCUT2D eigenvalue weighted by Crippen LogP contribution is -2.10. The minimum absolute atomic E-state index is 0.125. The summed E-state index contributed by atoms with van der Waals surface area (Å²) in [5.41, 5.74) is 1.67. The zero-order chi connectivity index (χ0) is 16.7. The van der Waals surface area contributed by atoms with Gasteiger partial charge in [0.1, 0.15) is 13.0 Å². The second kappa shape index (κ2) is 7.97. The monoisotopic (exact) mass is 328 g/mol. The summed E-state index contributed by atoms with van der Waals surface area (Å²) in [7, 11) is 0. The highest BCUT2D eigenvalue weighted by molar-refractivity contribution is 6.30. The van der Waals surface area contributed by atoms with Crippen LogP contribution >= 0.6 is 11.6 Å². The Morgan fingerprint density at radius 2 is 1.91 bits per heavy atom. The number of hydrogen-bond acceptors (Lipinski definition) is 4. The van der Waals surface area contributed by atoms with E-state index in [1.54, 1.807) is 48.5 Å². The van der Waals surface area contributed by atoms with Gasteiger partial charge in [0.2, 0.25) is 5.91 Å². The summed E-state index contributed by atoms with van der Waals surface area (Å²) in [5, 5.41) is 11.5. The molecular formula is C17H13ClN2O3. The number of rotatable bonds is 5. The van der Waals surface area contributed by atoms with Gasteiger partial charge in [-0.05, 0) is 42.0 Å². The van der Waals surface area contributed by atoms with Crippen molar-refractivity contribution in [1.29, 1.82) is 5.26 Å². The van der Waals surface area contributed by atoms with E-state index in [1.165, 1.54) is 0 Å². The highest BCUT2D eigenvalue weighted by Crippen LogP contribution is 2.14. The Bertz CT molecular complexity index is 751. The molecule has 6 heteroatoms. The summed E-state index contributed by atoms with van der Waals surface area (Å²) in [6, 6.07) is 15.1. The summed E-state index contributed by atoms with van der Waals surface area (Å²) in [4.78, 5) is 23.2. The van der Waals surface area contributed by atoms with E-state index in [1.807, 2.05) is 6.07 Å². The average molecular weight is 329 g/mol. The number of amides is 1. The third-order valence-electron chi connectivity index (χ3n) is 2.90. The number of nitriles is 1. The molecule has 0 saturated heterocycles. The Morgan fingerprint density at radius 3 is 2.57 bits per heavy atom. The van der Waals surface area contributed by atoms with Gasteiger partial charge < -0.3 is 10.1 Å². The quantitative estimate of drug-likeness (QED) is 0.851. The molecular weight excluding hydrogens is 316 g/mol. The summed E-state index contributed by atoms with van der Waals surface area (Å²) >= 11 is 5.86. The van der Waals surface area contributed by atoms with E-state index in [0.29, 0.717) is 16.3 Å². The first-order valence-corrected chi connectivity index (χ1v) is 7.14. The number of ether oxygens (including phenoxy) is 1. The van der Waals surface area contributed by atoms with E-state index in [4.69, 9.17) is 21.6 Å². The number of anilines is 1. The van der Waals surface area contributed by atoms with Gasteiger partial charge in [0.15, 0.2) is 0 Å². The Morgan fingerprint density at radius 1 is 1.17 bits per heavy atom. The Kier molecular flexibility index (Phi) is 5.73. The zero-order valence-corrected chi connectivity index (χ0v) is 12.8. The van der Waals surface area contributed by atoms with Gasteiger partial charge in [-0.2, -0.15) is 5.26 Å². The molecule has 0 aromatic heterocycles. The molecule has 0 aliphatic rings. The molecule has 2 aromatic carbocycles. The Hall–Kier alpha value is -2.84. The maximum Gasteiger partial charge on any atom is 0.338 e. The third kappa shape index (κ3) is 5.13. The van der Waals surface area contributed by atoms with Crippen molar-refractivity contribution in [2.75, 3.05) is 5.32 Å². The van der Waals surface area contributed by atoms with Gasteiger partial charge >= 0.3 is 5.97 Å².